The Labute approximate surface area is 143 Å². The molecule has 2 aliphatic heterocycles. The highest BCUT2D eigenvalue weighted by Crippen LogP contribution is 2.22. The molecular formula is C15H18BrFN2O3S. The maximum absolute atomic E-state index is 13.4. The van der Waals surface area contributed by atoms with Gasteiger partial charge in [0.15, 0.2) is 9.84 Å². The number of halogens is 2. The normalized spacial score (nSPS) is 24.8. The second-order valence-electron chi connectivity index (χ2n) is 6.01. The summed E-state index contributed by atoms with van der Waals surface area (Å²) in [5.41, 5.74) is 0.321. The van der Waals surface area contributed by atoms with E-state index in [0.29, 0.717) is 42.6 Å². The molecule has 1 aromatic carbocycles. The number of piperazine rings is 1. The molecule has 0 radical (unpaired) electrons. The number of nitrogens with zero attached hydrogens (tertiary/aromatic N) is 2. The summed E-state index contributed by atoms with van der Waals surface area (Å²) in [7, 11) is -2.90. The molecule has 0 spiro atoms. The van der Waals surface area contributed by atoms with Crippen LogP contribution in [0.5, 0.6) is 0 Å². The van der Waals surface area contributed by atoms with Crippen LogP contribution in [0.25, 0.3) is 0 Å². The lowest BCUT2D eigenvalue weighted by molar-refractivity contribution is 0.0586. The number of amides is 1. The van der Waals surface area contributed by atoms with Crippen LogP contribution >= 0.6 is 15.9 Å². The number of sulfone groups is 1. The molecule has 0 aliphatic carbocycles. The summed E-state index contributed by atoms with van der Waals surface area (Å²) < 4.78 is 37.1. The second kappa shape index (κ2) is 6.49. The number of carbonyl (C=O) groups is 1. The number of benzene rings is 1. The van der Waals surface area contributed by atoms with Gasteiger partial charge in [-0.3, -0.25) is 9.69 Å². The van der Waals surface area contributed by atoms with E-state index in [0.717, 1.165) is 0 Å². The quantitative estimate of drug-likeness (QED) is 0.749. The molecule has 2 aliphatic rings. The zero-order valence-electron chi connectivity index (χ0n) is 12.5. The highest BCUT2D eigenvalue weighted by molar-refractivity contribution is 9.10. The number of hydrogen-bond donors (Lipinski definition) is 0. The fourth-order valence-corrected chi connectivity index (χ4v) is 5.36. The molecule has 3 rings (SSSR count). The van der Waals surface area contributed by atoms with Gasteiger partial charge in [0.05, 0.1) is 17.1 Å². The van der Waals surface area contributed by atoms with Crippen molar-refractivity contribution in [3.8, 4) is 0 Å². The van der Waals surface area contributed by atoms with E-state index in [1.807, 2.05) is 0 Å². The molecule has 1 amide bonds. The van der Waals surface area contributed by atoms with E-state index in [1.165, 1.54) is 18.2 Å². The second-order valence-corrected chi connectivity index (χ2v) is 9.09. The lowest BCUT2D eigenvalue weighted by atomic mass is 10.1. The van der Waals surface area contributed by atoms with Crippen molar-refractivity contribution in [3.05, 3.63) is 34.1 Å². The van der Waals surface area contributed by atoms with Crippen molar-refractivity contribution in [2.45, 2.75) is 12.5 Å². The molecule has 0 N–H and O–H groups in total. The van der Waals surface area contributed by atoms with Gasteiger partial charge in [0, 0.05) is 36.7 Å². The van der Waals surface area contributed by atoms with E-state index in [1.54, 1.807) is 4.90 Å². The zero-order chi connectivity index (χ0) is 16.6. The van der Waals surface area contributed by atoms with Crippen LogP contribution in [-0.2, 0) is 9.84 Å². The first-order valence-electron chi connectivity index (χ1n) is 7.54. The summed E-state index contributed by atoms with van der Waals surface area (Å²) >= 11 is 3.28. The van der Waals surface area contributed by atoms with Crippen molar-refractivity contribution in [3.63, 3.8) is 0 Å². The van der Waals surface area contributed by atoms with Crippen LogP contribution in [0.3, 0.4) is 0 Å². The maximum atomic E-state index is 13.4. The molecule has 1 aromatic rings. The Morgan fingerprint density at radius 1 is 1.22 bits per heavy atom. The van der Waals surface area contributed by atoms with Gasteiger partial charge in [0.2, 0.25) is 0 Å². The fourth-order valence-electron chi connectivity index (χ4n) is 3.19. The third-order valence-electron chi connectivity index (χ3n) is 4.49. The van der Waals surface area contributed by atoms with Gasteiger partial charge in [-0.05, 0) is 40.5 Å². The van der Waals surface area contributed by atoms with Crippen molar-refractivity contribution >= 4 is 31.7 Å². The Balaban J connectivity index is 1.63. The summed E-state index contributed by atoms with van der Waals surface area (Å²) in [6.45, 7) is 2.36. The molecule has 2 fully saturated rings. The summed E-state index contributed by atoms with van der Waals surface area (Å²) in [6.07, 6.45) is 0.672. The molecule has 0 bridgehead atoms. The van der Waals surface area contributed by atoms with Crippen molar-refractivity contribution in [2.75, 3.05) is 37.7 Å². The Bertz CT molecular complexity index is 717. The van der Waals surface area contributed by atoms with Crippen LogP contribution in [0.15, 0.2) is 22.7 Å². The van der Waals surface area contributed by atoms with E-state index < -0.39 is 15.7 Å². The van der Waals surface area contributed by atoms with Crippen LogP contribution in [0.1, 0.15) is 16.8 Å². The average molecular weight is 405 g/mol. The Kier molecular flexibility index (Phi) is 4.75. The zero-order valence-corrected chi connectivity index (χ0v) is 14.9. The van der Waals surface area contributed by atoms with E-state index in [9.17, 15) is 17.6 Å². The summed E-state index contributed by atoms with van der Waals surface area (Å²) in [6, 6.07) is 4.14. The molecule has 8 heteroatoms. The van der Waals surface area contributed by atoms with Crippen LogP contribution in [0.2, 0.25) is 0 Å². The van der Waals surface area contributed by atoms with Gasteiger partial charge in [0.1, 0.15) is 5.82 Å². The van der Waals surface area contributed by atoms with Gasteiger partial charge in [-0.1, -0.05) is 0 Å². The molecule has 1 unspecified atom stereocenters. The van der Waals surface area contributed by atoms with Crippen LogP contribution < -0.4 is 0 Å². The minimum atomic E-state index is -2.90. The predicted molar refractivity (Wildman–Crippen MR) is 88.6 cm³/mol. The van der Waals surface area contributed by atoms with Gasteiger partial charge in [-0.2, -0.15) is 0 Å². The highest BCUT2D eigenvalue weighted by atomic mass is 79.9. The van der Waals surface area contributed by atoms with E-state index in [-0.39, 0.29) is 23.5 Å². The highest BCUT2D eigenvalue weighted by Gasteiger charge is 2.34. The maximum Gasteiger partial charge on any atom is 0.255 e. The lowest BCUT2D eigenvalue weighted by Crippen LogP contribution is -2.52. The van der Waals surface area contributed by atoms with Gasteiger partial charge in [-0.25, -0.2) is 12.8 Å². The van der Waals surface area contributed by atoms with Gasteiger partial charge < -0.3 is 4.90 Å². The Morgan fingerprint density at radius 2 is 1.91 bits per heavy atom. The topological polar surface area (TPSA) is 57.7 Å². The van der Waals surface area contributed by atoms with Crippen LogP contribution in [0, 0.1) is 5.82 Å². The summed E-state index contributed by atoms with van der Waals surface area (Å²) in [5.74, 6) is -0.162. The first-order valence-corrected chi connectivity index (χ1v) is 10.2. The third-order valence-corrected chi connectivity index (χ3v) is 6.93. The first kappa shape index (κ1) is 16.9. The van der Waals surface area contributed by atoms with E-state index in [2.05, 4.69) is 20.8 Å². The first-order chi connectivity index (χ1) is 10.9. The summed E-state index contributed by atoms with van der Waals surface area (Å²) in [5, 5.41) is 0. The third kappa shape index (κ3) is 3.75. The average Bonchev–Trinajstić information content (AvgIpc) is 2.89. The molecule has 5 nitrogen and oxygen atoms in total. The molecular weight excluding hydrogens is 387 g/mol. The minimum absolute atomic E-state index is 0.0677. The van der Waals surface area contributed by atoms with Crippen LogP contribution in [-0.4, -0.2) is 67.9 Å². The largest absolute Gasteiger partial charge is 0.336 e. The van der Waals surface area contributed by atoms with E-state index >= 15 is 0 Å². The fraction of sp³-hybridized carbons (Fsp3) is 0.533. The van der Waals surface area contributed by atoms with Crippen molar-refractivity contribution < 1.29 is 17.6 Å². The van der Waals surface area contributed by atoms with Crippen molar-refractivity contribution in [2.24, 2.45) is 0 Å². The van der Waals surface area contributed by atoms with E-state index in [4.69, 9.17) is 0 Å². The smallest absolute Gasteiger partial charge is 0.255 e. The van der Waals surface area contributed by atoms with Gasteiger partial charge in [0.25, 0.3) is 5.91 Å². The Hall–Kier alpha value is -0.990. The van der Waals surface area contributed by atoms with Crippen molar-refractivity contribution in [1.82, 2.24) is 9.80 Å². The number of hydrogen-bond acceptors (Lipinski definition) is 4. The monoisotopic (exact) mass is 404 g/mol. The molecule has 126 valence electrons. The predicted octanol–water partition coefficient (Wildman–Crippen LogP) is 1.53. The minimum Gasteiger partial charge on any atom is -0.336 e. The standard InChI is InChI=1S/C15H18BrFN2O3S/c16-14-2-1-11(17)9-13(14)15(20)19-6-4-18(5-7-19)12-3-8-23(21,22)10-12/h1-2,9,12H,3-8,10H2. The number of carbonyl (C=O) groups excluding carboxylic acids is 1. The molecule has 0 saturated carbocycles. The molecule has 23 heavy (non-hydrogen) atoms. The Morgan fingerprint density at radius 3 is 2.52 bits per heavy atom. The van der Waals surface area contributed by atoms with Crippen molar-refractivity contribution in [1.29, 1.82) is 0 Å². The SMILES string of the molecule is O=C(c1cc(F)ccc1Br)N1CCN(C2CCS(=O)(=O)C2)CC1. The lowest BCUT2D eigenvalue weighted by Gasteiger charge is -2.37. The molecule has 0 aromatic heterocycles. The number of rotatable bonds is 2. The van der Waals surface area contributed by atoms with Crippen LogP contribution in [0.4, 0.5) is 4.39 Å². The molecule has 2 saturated heterocycles. The molecule has 2 heterocycles. The summed E-state index contributed by atoms with van der Waals surface area (Å²) in [4.78, 5) is 16.4. The molecule has 1 atom stereocenters. The van der Waals surface area contributed by atoms with Gasteiger partial charge >= 0.3 is 0 Å². The van der Waals surface area contributed by atoms with Gasteiger partial charge in [-0.15, -0.1) is 0 Å².